The Morgan fingerprint density at radius 1 is 1.35 bits per heavy atom. The van der Waals surface area contributed by atoms with Crippen molar-refractivity contribution in [3.8, 4) is 11.4 Å². The molecule has 1 aromatic heterocycles. The second kappa shape index (κ2) is 6.91. The topological polar surface area (TPSA) is 102 Å². The van der Waals surface area contributed by atoms with Crippen molar-refractivity contribution in [1.82, 2.24) is 10.1 Å². The minimum Gasteiger partial charge on any atom is -0.339 e. The van der Waals surface area contributed by atoms with E-state index >= 15 is 0 Å². The number of amides is 1. The maximum absolute atomic E-state index is 12.3. The Morgan fingerprint density at radius 3 is 2.65 bits per heavy atom. The van der Waals surface area contributed by atoms with Gasteiger partial charge in [0.15, 0.2) is 9.84 Å². The van der Waals surface area contributed by atoms with Gasteiger partial charge in [0.1, 0.15) is 5.25 Å². The first-order valence-corrected chi connectivity index (χ1v) is 8.99. The van der Waals surface area contributed by atoms with Crippen molar-refractivity contribution in [2.24, 2.45) is 0 Å². The third-order valence-corrected chi connectivity index (χ3v) is 5.62. The van der Waals surface area contributed by atoms with E-state index in [1.807, 2.05) is 0 Å². The van der Waals surface area contributed by atoms with Crippen molar-refractivity contribution in [2.45, 2.75) is 32.4 Å². The summed E-state index contributed by atoms with van der Waals surface area (Å²) in [5.41, 5.74) is 1.01. The number of benzene rings is 1. The molecular weight excluding hydrogens is 318 g/mol. The van der Waals surface area contributed by atoms with E-state index in [1.54, 1.807) is 38.1 Å². The molecule has 0 spiro atoms. The minimum atomic E-state index is -3.46. The van der Waals surface area contributed by atoms with Crippen LogP contribution in [-0.4, -0.2) is 35.5 Å². The van der Waals surface area contributed by atoms with Crippen molar-refractivity contribution in [3.05, 3.63) is 30.2 Å². The summed E-state index contributed by atoms with van der Waals surface area (Å²) >= 11 is 0. The molecule has 1 aromatic carbocycles. The molecule has 0 unspecified atom stereocenters. The van der Waals surface area contributed by atoms with Crippen LogP contribution in [0.25, 0.3) is 11.4 Å². The molecule has 0 aliphatic carbocycles. The number of aryl methyl sites for hydroxylation is 1. The van der Waals surface area contributed by atoms with E-state index < -0.39 is 21.0 Å². The summed E-state index contributed by atoms with van der Waals surface area (Å²) in [4.78, 5) is 16.4. The van der Waals surface area contributed by atoms with Gasteiger partial charge in [-0.05, 0) is 25.5 Å². The quantitative estimate of drug-likeness (QED) is 0.867. The molecule has 1 N–H and O–H groups in total. The number of carbonyl (C=O) groups excluding carboxylic acids is 1. The van der Waals surface area contributed by atoms with Crippen molar-refractivity contribution < 1.29 is 17.7 Å². The second-order valence-corrected chi connectivity index (χ2v) is 7.62. The number of anilines is 1. The van der Waals surface area contributed by atoms with Crippen LogP contribution >= 0.6 is 0 Å². The van der Waals surface area contributed by atoms with E-state index in [-0.39, 0.29) is 5.75 Å². The molecule has 0 bridgehead atoms. The van der Waals surface area contributed by atoms with E-state index in [0.29, 0.717) is 29.4 Å². The van der Waals surface area contributed by atoms with Crippen molar-refractivity contribution in [2.75, 3.05) is 11.1 Å². The van der Waals surface area contributed by atoms with Crippen LogP contribution in [0.4, 0.5) is 5.69 Å². The molecule has 0 saturated carbocycles. The molecule has 1 heterocycles. The Bertz CT molecular complexity index is 799. The average molecular weight is 337 g/mol. The largest absolute Gasteiger partial charge is 0.339 e. The number of hydrogen-bond acceptors (Lipinski definition) is 6. The number of nitrogens with zero attached hydrogens (tertiary/aromatic N) is 2. The Balaban J connectivity index is 2.26. The average Bonchev–Trinajstić information content (AvgIpc) is 2.93. The zero-order valence-electron chi connectivity index (χ0n) is 13.2. The highest BCUT2D eigenvalue weighted by atomic mass is 32.2. The summed E-state index contributed by atoms with van der Waals surface area (Å²) in [6.07, 6.45) is 0.471. The van der Waals surface area contributed by atoms with E-state index in [0.717, 1.165) is 0 Å². The summed E-state index contributed by atoms with van der Waals surface area (Å²) in [5.74, 6) is 0.140. The standard InChI is InChI=1S/C15H19N3O4S/c1-4-9-23(20,21)10(2)15(19)17-13-8-6-5-7-12(13)14-16-11(3)22-18-14/h5-8,10H,4,9H2,1-3H3,(H,17,19)/t10-/m0/s1. The molecule has 0 saturated heterocycles. The van der Waals surface area contributed by atoms with Gasteiger partial charge in [-0.2, -0.15) is 4.98 Å². The fraction of sp³-hybridized carbons (Fsp3) is 0.400. The molecular formula is C15H19N3O4S. The molecule has 2 aromatic rings. The molecule has 0 radical (unpaired) electrons. The van der Waals surface area contributed by atoms with Gasteiger partial charge in [0.05, 0.1) is 11.4 Å². The fourth-order valence-electron chi connectivity index (χ4n) is 2.05. The Labute approximate surface area is 135 Å². The second-order valence-electron chi connectivity index (χ2n) is 5.18. The fourth-order valence-corrected chi connectivity index (χ4v) is 3.36. The smallest absolute Gasteiger partial charge is 0.242 e. The molecule has 124 valence electrons. The SMILES string of the molecule is CCCS(=O)(=O)[C@@H](C)C(=O)Nc1ccccc1-c1noc(C)n1. The number of nitrogens with one attached hydrogen (secondary N) is 1. The molecule has 2 rings (SSSR count). The molecule has 7 nitrogen and oxygen atoms in total. The number of sulfone groups is 1. The maximum atomic E-state index is 12.3. The van der Waals surface area contributed by atoms with Crippen LogP contribution in [-0.2, 0) is 14.6 Å². The van der Waals surface area contributed by atoms with Gasteiger partial charge in [0.25, 0.3) is 0 Å². The van der Waals surface area contributed by atoms with Crippen molar-refractivity contribution in [1.29, 1.82) is 0 Å². The van der Waals surface area contributed by atoms with Crippen LogP contribution < -0.4 is 5.32 Å². The third-order valence-electron chi connectivity index (χ3n) is 3.35. The van der Waals surface area contributed by atoms with Gasteiger partial charge in [-0.25, -0.2) is 8.42 Å². The van der Waals surface area contributed by atoms with Gasteiger partial charge in [-0.15, -0.1) is 0 Å². The molecule has 8 heteroatoms. The normalized spacial score (nSPS) is 12.8. The van der Waals surface area contributed by atoms with Gasteiger partial charge < -0.3 is 9.84 Å². The highest BCUT2D eigenvalue weighted by molar-refractivity contribution is 7.92. The first-order valence-electron chi connectivity index (χ1n) is 7.27. The van der Waals surface area contributed by atoms with Crippen LogP contribution in [0.2, 0.25) is 0 Å². The lowest BCUT2D eigenvalue weighted by molar-refractivity contribution is -0.115. The summed E-state index contributed by atoms with van der Waals surface area (Å²) in [5, 5.41) is 5.34. The van der Waals surface area contributed by atoms with Crippen LogP contribution in [0, 0.1) is 6.92 Å². The lowest BCUT2D eigenvalue weighted by Gasteiger charge is -2.14. The Hall–Kier alpha value is -2.22. The highest BCUT2D eigenvalue weighted by Crippen LogP contribution is 2.25. The first-order chi connectivity index (χ1) is 10.8. The highest BCUT2D eigenvalue weighted by Gasteiger charge is 2.27. The number of para-hydroxylation sites is 1. The van der Waals surface area contributed by atoms with Gasteiger partial charge in [-0.3, -0.25) is 4.79 Å². The first kappa shape index (κ1) is 17.1. The number of aromatic nitrogens is 2. The van der Waals surface area contributed by atoms with Crippen LogP contribution in [0.3, 0.4) is 0 Å². The number of carbonyl (C=O) groups is 1. The molecule has 0 aliphatic heterocycles. The van der Waals surface area contributed by atoms with Crippen molar-refractivity contribution >= 4 is 21.4 Å². The molecule has 1 amide bonds. The summed E-state index contributed by atoms with van der Waals surface area (Å²) in [6.45, 7) is 4.81. The predicted octanol–water partition coefficient (Wildman–Crippen LogP) is 2.20. The van der Waals surface area contributed by atoms with Gasteiger partial charge in [0.2, 0.25) is 17.6 Å². The van der Waals surface area contributed by atoms with E-state index in [2.05, 4.69) is 15.5 Å². The maximum Gasteiger partial charge on any atom is 0.242 e. The van der Waals surface area contributed by atoms with Gasteiger partial charge in [-0.1, -0.05) is 24.2 Å². The zero-order valence-corrected chi connectivity index (χ0v) is 14.1. The Kier molecular flexibility index (Phi) is 5.15. The molecule has 23 heavy (non-hydrogen) atoms. The van der Waals surface area contributed by atoms with E-state index in [1.165, 1.54) is 6.92 Å². The number of rotatable bonds is 6. The van der Waals surface area contributed by atoms with Crippen LogP contribution in [0.15, 0.2) is 28.8 Å². The summed E-state index contributed by atoms with van der Waals surface area (Å²) < 4.78 is 29.0. The molecule has 1 atom stereocenters. The lowest BCUT2D eigenvalue weighted by atomic mass is 10.1. The third kappa shape index (κ3) is 3.95. The van der Waals surface area contributed by atoms with Crippen LogP contribution in [0.5, 0.6) is 0 Å². The molecule has 0 aliphatic rings. The summed E-state index contributed by atoms with van der Waals surface area (Å²) in [7, 11) is -3.46. The summed E-state index contributed by atoms with van der Waals surface area (Å²) in [6, 6.07) is 6.90. The van der Waals surface area contributed by atoms with Gasteiger partial charge >= 0.3 is 0 Å². The van der Waals surface area contributed by atoms with E-state index in [4.69, 9.17) is 4.52 Å². The number of hydrogen-bond donors (Lipinski definition) is 1. The minimum absolute atomic E-state index is 0.0206. The Morgan fingerprint density at radius 2 is 2.04 bits per heavy atom. The molecule has 0 fully saturated rings. The zero-order chi connectivity index (χ0) is 17.0. The van der Waals surface area contributed by atoms with Crippen molar-refractivity contribution in [3.63, 3.8) is 0 Å². The van der Waals surface area contributed by atoms with Gasteiger partial charge in [0, 0.05) is 12.5 Å². The van der Waals surface area contributed by atoms with E-state index in [9.17, 15) is 13.2 Å². The predicted molar refractivity (Wildman–Crippen MR) is 86.6 cm³/mol. The van der Waals surface area contributed by atoms with Crippen LogP contribution in [0.1, 0.15) is 26.2 Å². The monoisotopic (exact) mass is 337 g/mol. The lowest BCUT2D eigenvalue weighted by Crippen LogP contribution is -2.34.